The van der Waals surface area contributed by atoms with E-state index in [4.69, 9.17) is 4.74 Å². The Balaban J connectivity index is 2.19. The molecular weight excluding hydrogens is 148 g/mol. The summed E-state index contributed by atoms with van der Waals surface area (Å²) in [6, 6.07) is 0. The number of hydrogen-bond acceptors (Lipinski definition) is 1. The molecule has 12 heavy (non-hydrogen) atoms. The highest BCUT2D eigenvalue weighted by atomic mass is 16.5. The van der Waals surface area contributed by atoms with E-state index in [1.165, 1.54) is 25.7 Å². The molecule has 3 fully saturated rings. The van der Waals surface area contributed by atoms with Crippen molar-refractivity contribution in [3.05, 3.63) is 0 Å². The van der Waals surface area contributed by atoms with Crippen molar-refractivity contribution in [1.29, 1.82) is 0 Å². The lowest BCUT2D eigenvalue weighted by atomic mass is 9.61. The second-order valence-corrected chi connectivity index (χ2v) is 5.06. The lowest BCUT2D eigenvalue weighted by molar-refractivity contribution is -0.204. The van der Waals surface area contributed by atoms with Gasteiger partial charge in [-0.3, -0.25) is 0 Å². The zero-order valence-corrected chi connectivity index (χ0v) is 8.52. The van der Waals surface area contributed by atoms with Crippen molar-refractivity contribution in [2.75, 3.05) is 6.61 Å². The molecule has 3 aliphatic rings. The molecule has 1 aliphatic carbocycles. The smallest absolute Gasteiger partial charge is 0.0680 e. The first kappa shape index (κ1) is 8.55. The summed E-state index contributed by atoms with van der Waals surface area (Å²) in [5, 5.41) is 0. The van der Waals surface area contributed by atoms with Gasteiger partial charge in [-0.25, -0.2) is 0 Å². The number of fused-ring (bicyclic) bond motifs is 3. The van der Waals surface area contributed by atoms with Gasteiger partial charge in [0.25, 0.3) is 0 Å². The SMILES string of the molecule is CCC12CC[C@](C)(OC1)C(C)C2. The third-order valence-electron chi connectivity index (χ3n) is 4.39. The van der Waals surface area contributed by atoms with Crippen LogP contribution in [0.25, 0.3) is 0 Å². The summed E-state index contributed by atoms with van der Waals surface area (Å²) >= 11 is 0. The van der Waals surface area contributed by atoms with Gasteiger partial charge in [-0.2, -0.15) is 0 Å². The average molecular weight is 168 g/mol. The van der Waals surface area contributed by atoms with Crippen LogP contribution in [0.4, 0.5) is 0 Å². The van der Waals surface area contributed by atoms with Gasteiger partial charge in [0.05, 0.1) is 12.2 Å². The molecule has 1 heteroatoms. The van der Waals surface area contributed by atoms with Gasteiger partial charge in [0.1, 0.15) is 0 Å². The Morgan fingerprint density at radius 1 is 1.42 bits per heavy atom. The van der Waals surface area contributed by atoms with Crippen LogP contribution in [-0.4, -0.2) is 12.2 Å². The Hall–Kier alpha value is -0.0400. The van der Waals surface area contributed by atoms with Gasteiger partial charge in [0.2, 0.25) is 0 Å². The zero-order valence-electron chi connectivity index (χ0n) is 8.52. The maximum Gasteiger partial charge on any atom is 0.0680 e. The maximum absolute atomic E-state index is 5.97. The molecule has 1 nitrogen and oxygen atoms in total. The molecule has 2 bridgehead atoms. The Morgan fingerprint density at radius 3 is 2.58 bits per heavy atom. The van der Waals surface area contributed by atoms with E-state index >= 15 is 0 Å². The predicted octanol–water partition coefficient (Wildman–Crippen LogP) is 2.99. The van der Waals surface area contributed by atoms with Crippen LogP contribution in [0.3, 0.4) is 0 Å². The Morgan fingerprint density at radius 2 is 2.17 bits per heavy atom. The topological polar surface area (TPSA) is 9.23 Å². The van der Waals surface area contributed by atoms with Crippen molar-refractivity contribution >= 4 is 0 Å². The predicted molar refractivity (Wildman–Crippen MR) is 50.1 cm³/mol. The molecule has 0 amide bonds. The molecular formula is C11H20O. The fourth-order valence-corrected chi connectivity index (χ4v) is 2.81. The minimum atomic E-state index is 0.219. The van der Waals surface area contributed by atoms with Crippen LogP contribution in [-0.2, 0) is 4.74 Å². The molecule has 0 aromatic rings. The summed E-state index contributed by atoms with van der Waals surface area (Å²) < 4.78 is 5.97. The first-order chi connectivity index (χ1) is 5.60. The minimum absolute atomic E-state index is 0.219. The summed E-state index contributed by atoms with van der Waals surface area (Å²) in [4.78, 5) is 0. The standard InChI is InChI=1S/C11H20O/c1-4-11-6-5-10(3,12-8-11)9(2)7-11/h9H,4-8H2,1-3H3/t9?,10-,11?/m0/s1. The van der Waals surface area contributed by atoms with Crippen LogP contribution in [0.1, 0.15) is 46.5 Å². The molecule has 3 rings (SSSR count). The molecule has 0 spiro atoms. The van der Waals surface area contributed by atoms with Crippen LogP contribution in [0.2, 0.25) is 0 Å². The quantitative estimate of drug-likeness (QED) is 0.585. The van der Waals surface area contributed by atoms with Crippen LogP contribution >= 0.6 is 0 Å². The summed E-state index contributed by atoms with van der Waals surface area (Å²) in [7, 11) is 0. The van der Waals surface area contributed by atoms with Crippen LogP contribution in [0.15, 0.2) is 0 Å². The normalized spacial score (nSPS) is 52.8. The number of hydrogen-bond donors (Lipinski definition) is 0. The fraction of sp³-hybridized carbons (Fsp3) is 1.00. The van der Waals surface area contributed by atoms with E-state index in [1.807, 2.05) is 0 Å². The molecule has 0 N–H and O–H groups in total. The monoisotopic (exact) mass is 168 g/mol. The van der Waals surface area contributed by atoms with Gasteiger partial charge in [0.15, 0.2) is 0 Å². The van der Waals surface area contributed by atoms with Crippen molar-refractivity contribution < 1.29 is 4.74 Å². The lowest BCUT2D eigenvalue weighted by Gasteiger charge is -2.55. The summed E-state index contributed by atoms with van der Waals surface area (Å²) in [6.07, 6.45) is 5.36. The van der Waals surface area contributed by atoms with E-state index in [0.29, 0.717) is 5.41 Å². The molecule has 2 unspecified atom stereocenters. The maximum atomic E-state index is 5.97. The third kappa shape index (κ3) is 1.02. The van der Waals surface area contributed by atoms with Gasteiger partial charge in [-0.05, 0) is 43.9 Å². The molecule has 3 atom stereocenters. The molecule has 0 radical (unpaired) electrons. The zero-order chi connectivity index (χ0) is 8.82. The van der Waals surface area contributed by atoms with E-state index < -0.39 is 0 Å². The van der Waals surface area contributed by atoms with Gasteiger partial charge >= 0.3 is 0 Å². The van der Waals surface area contributed by atoms with Crippen LogP contribution in [0, 0.1) is 11.3 Å². The highest BCUT2D eigenvalue weighted by Gasteiger charge is 2.50. The summed E-state index contributed by atoms with van der Waals surface area (Å²) in [5.74, 6) is 0.764. The molecule has 1 saturated carbocycles. The van der Waals surface area contributed by atoms with Crippen molar-refractivity contribution in [1.82, 2.24) is 0 Å². The molecule has 2 aliphatic heterocycles. The highest BCUT2D eigenvalue weighted by Crippen LogP contribution is 2.53. The fourth-order valence-electron chi connectivity index (χ4n) is 2.81. The van der Waals surface area contributed by atoms with Gasteiger partial charge in [-0.15, -0.1) is 0 Å². The van der Waals surface area contributed by atoms with E-state index in [-0.39, 0.29) is 5.60 Å². The van der Waals surface area contributed by atoms with E-state index in [2.05, 4.69) is 20.8 Å². The first-order valence-electron chi connectivity index (χ1n) is 5.24. The lowest BCUT2D eigenvalue weighted by Crippen LogP contribution is -2.54. The van der Waals surface area contributed by atoms with Crippen molar-refractivity contribution in [3.8, 4) is 0 Å². The van der Waals surface area contributed by atoms with Crippen molar-refractivity contribution in [2.45, 2.75) is 52.1 Å². The Labute approximate surface area is 75.5 Å². The molecule has 2 heterocycles. The van der Waals surface area contributed by atoms with Crippen molar-refractivity contribution in [3.63, 3.8) is 0 Å². The van der Waals surface area contributed by atoms with Gasteiger partial charge < -0.3 is 4.74 Å². The molecule has 2 saturated heterocycles. The number of rotatable bonds is 1. The minimum Gasteiger partial charge on any atom is -0.374 e. The Bertz CT molecular complexity index is 177. The van der Waals surface area contributed by atoms with E-state index in [9.17, 15) is 0 Å². The van der Waals surface area contributed by atoms with Crippen molar-refractivity contribution in [2.24, 2.45) is 11.3 Å². The van der Waals surface area contributed by atoms with Crippen LogP contribution < -0.4 is 0 Å². The summed E-state index contributed by atoms with van der Waals surface area (Å²) in [5.41, 5.74) is 0.772. The Kier molecular flexibility index (Phi) is 1.76. The van der Waals surface area contributed by atoms with E-state index in [0.717, 1.165) is 12.5 Å². The summed E-state index contributed by atoms with van der Waals surface area (Å²) in [6.45, 7) is 7.97. The number of ether oxygens (including phenoxy) is 1. The largest absolute Gasteiger partial charge is 0.374 e. The second kappa shape index (κ2) is 2.47. The average Bonchev–Trinajstić information content (AvgIpc) is 2.08. The molecule has 0 aromatic heterocycles. The molecule has 0 aromatic carbocycles. The molecule has 70 valence electrons. The third-order valence-corrected chi connectivity index (χ3v) is 4.39. The van der Waals surface area contributed by atoms with Crippen LogP contribution in [0.5, 0.6) is 0 Å². The highest BCUT2D eigenvalue weighted by molar-refractivity contribution is 4.99. The van der Waals surface area contributed by atoms with Gasteiger partial charge in [0, 0.05) is 0 Å². The van der Waals surface area contributed by atoms with Gasteiger partial charge in [-0.1, -0.05) is 13.8 Å². The first-order valence-corrected chi connectivity index (χ1v) is 5.24. The van der Waals surface area contributed by atoms with E-state index in [1.54, 1.807) is 0 Å². The second-order valence-electron chi connectivity index (χ2n) is 5.06.